The number of rotatable bonds is 1. The van der Waals surface area contributed by atoms with Crippen molar-refractivity contribution in [3.05, 3.63) is 0 Å². The van der Waals surface area contributed by atoms with E-state index in [4.69, 9.17) is 5.11 Å². The van der Waals surface area contributed by atoms with E-state index in [1.807, 2.05) is 0 Å². The first kappa shape index (κ1) is 6.58. The van der Waals surface area contributed by atoms with E-state index in [2.05, 4.69) is 0 Å². The lowest BCUT2D eigenvalue weighted by molar-refractivity contribution is -0.212. The van der Waals surface area contributed by atoms with E-state index in [1.165, 1.54) is 0 Å². The quantitative estimate of drug-likeness (QED) is 0.460. The third kappa shape index (κ3) is 0.557. The predicted octanol–water partition coefficient (Wildman–Crippen LogP) is -0.603. The average Bonchev–Trinajstić information content (AvgIpc) is 2.64. The summed E-state index contributed by atoms with van der Waals surface area (Å²) in [6, 6.07) is 0. The highest BCUT2D eigenvalue weighted by Gasteiger charge is 2.64. The van der Waals surface area contributed by atoms with Crippen LogP contribution < -0.4 is 0 Å². The Bertz CT molecular complexity index is 164. The second-order valence-electron chi connectivity index (χ2n) is 3.51. The lowest BCUT2D eigenvalue weighted by atomic mass is 9.71. The van der Waals surface area contributed by atoms with Crippen LogP contribution in [0.2, 0.25) is 0 Å². The van der Waals surface area contributed by atoms with Crippen LogP contribution in [0.25, 0.3) is 0 Å². The fourth-order valence-electron chi connectivity index (χ4n) is 1.64. The Hall–Kier alpha value is -0.120. The molecule has 2 aliphatic rings. The van der Waals surface area contributed by atoms with Gasteiger partial charge in [-0.1, -0.05) is 0 Å². The zero-order valence-electron chi connectivity index (χ0n) is 5.75. The summed E-state index contributed by atoms with van der Waals surface area (Å²) in [4.78, 5) is 0. The monoisotopic (exact) mass is 144 g/mol. The molecule has 10 heavy (non-hydrogen) atoms. The summed E-state index contributed by atoms with van der Waals surface area (Å²) >= 11 is 0. The molecule has 0 aromatic carbocycles. The smallest absolute Gasteiger partial charge is 0.119 e. The number of hydrogen-bond acceptors (Lipinski definition) is 3. The molecule has 2 saturated carbocycles. The molecule has 2 rings (SSSR count). The number of hydrogen-bond donors (Lipinski definition) is 3. The van der Waals surface area contributed by atoms with Crippen molar-refractivity contribution in [2.45, 2.75) is 43.0 Å². The topological polar surface area (TPSA) is 60.7 Å². The van der Waals surface area contributed by atoms with Crippen LogP contribution in [0.5, 0.6) is 0 Å². The largest absolute Gasteiger partial charge is 0.390 e. The van der Waals surface area contributed by atoms with E-state index in [-0.39, 0.29) is 0 Å². The Labute approximate surface area is 59.3 Å². The van der Waals surface area contributed by atoms with Gasteiger partial charge in [-0.3, -0.25) is 0 Å². The summed E-state index contributed by atoms with van der Waals surface area (Å²) < 4.78 is 0. The standard InChI is InChI=1S/C7H12O3/c8-5-1-2-7(5,10)6(9)3-4-6/h5,8-10H,1-4H2. The third-order valence-electron chi connectivity index (χ3n) is 2.88. The van der Waals surface area contributed by atoms with Crippen molar-refractivity contribution in [2.75, 3.05) is 0 Å². The van der Waals surface area contributed by atoms with Gasteiger partial charge < -0.3 is 15.3 Å². The van der Waals surface area contributed by atoms with E-state index in [0.29, 0.717) is 25.7 Å². The molecule has 0 heterocycles. The molecule has 58 valence electrons. The first-order valence-corrected chi connectivity index (χ1v) is 3.71. The van der Waals surface area contributed by atoms with Gasteiger partial charge in [-0.05, 0) is 25.7 Å². The Morgan fingerprint density at radius 1 is 1.10 bits per heavy atom. The molecule has 2 aliphatic carbocycles. The second-order valence-corrected chi connectivity index (χ2v) is 3.51. The van der Waals surface area contributed by atoms with Gasteiger partial charge in [0.15, 0.2) is 0 Å². The molecule has 2 unspecified atom stereocenters. The van der Waals surface area contributed by atoms with Gasteiger partial charge in [-0.25, -0.2) is 0 Å². The summed E-state index contributed by atoms with van der Waals surface area (Å²) in [7, 11) is 0. The molecule has 3 N–H and O–H groups in total. The maximum atomic E-state index is 9.58. The van der Waals surface area contributed by atoms with Gasteiger partial charge in [0.2, 0.25) is 0 Å². The molecule has 0 bridgehead atoms. The minimum Gasteiger partial charge on any atom is -0.390 e. The molecule has 0 spiro atoms. The van der Waals surface area contributed by atoms with Crippen LogP contribution in [0.3, 0.4) is 0 Å². The van der Waals surface area contributed by atoms with Crippen molar-refractivity contribution in [3.8, 4) is 0 Å². The maximum absolute atomic E-state index is 9.58. The lowest BCUT2D eigenvalue weighted by Gasteiger charge is -2.45. The Kier molecular flexibility index (Phi) is 1.02. The van der Waals surface area contributed by atoms with E-state index in [0.717, 1.165) is 0 Å². The predicted molar refractivity (Wildman–Crippen MR) is 34.4 cm³/mol. The highest BCUT2D eigenvalue weighted by atomic mass is 16.4. The van der Waals surface area contributed by atoms with Gasteiger partial charge >= 0.3 is 0 Å². The fourth-order valence-corrected chi connectivity index (χ4v) is 1.64. The van der Waals surface area contributed by atoms with Crippen LogP contribution >= 0.6 is 0 Å². The average molecular weight is 144 g/mol. The van der Waals surface area contributed by atoms with E-state index in [9.17, 15) is 10.2 Å². The summed E-state index contributed by atoms with van der Waals surface area (Å²) in [5, 5.41) is 28.2. The third-order valence-corrected chi connectivity index (χ3v) is 2.88. The van der Waals surface area contributed by atoms with Crippen LogP contribution in [0.15, 0.2) is 0 Å². The van der Waals surface area contributed by atoms with Crippen molar-refractivity contribution in [1.82, 2.24) is 0 Å². The van der Waals surface area contributed by atoms with Gasteiger partial charge in [0, 0.05) is 0 Å². The van der Waals surface area contributed by atoms with Gasteiger partial charge in [0.25, 0.3) is 0 Å². The first-order valence-electron chi connectivity index (χ1n) is 3.71. The van der Waals surface area contributed by atoms with Gasteiger partial charge in [0.1, 0.15) is 5.60 Å². The summed E-state index contributed by atoms with van der Waals surface area (Å²) in [6.45, 7) is 0. The maximum Gasteiger partial charge on any atom is 0.119 e. The molecule has 3 heteroatoms. The summed E-state index contributed by atoms with van der Waals surface area (Å²) in [5.41, 5.74) is -2.10. The molecular weight excluding hydrogens is 132 g/mol. The van der Waals surface area contributed by atoms with Crippen LogP contribution in [-0.2, 0) is 0 Å². The van der Waals surface area contributed by atoms with Gasteiger partial charge in [-0.2, -0.15) is 0 Å². The van der Waals surface area contributed by atoms with Crippen LogP contribution in [-0.4, -0.2) is 32.6 Å². The SMILES string of the molecule is OC1CCC1(O)C1(O)CC1. The second kappa shape index (κ2) is 1.55. The summed E-state index contributed by atoms with van der Waals surface area (Å²) in [6.07, 6.45) is 1.75. The zero-order chi connectivity index (χ0) is 7.41. The van der Waals surface area contributed by atoms with Crippen molar-refractivity contribution in [1.29, 1.82) is 0 Å². The lowest BCUT2D eigenvalue weighted by Crippen LogP contribution is -2.61. The molecule has 0 aliphatic heterocycles. The number of aliphatic hydroxyl groups excluding tert-OH is 1. The van der Waals surface area contributed by atoms with E-state index >= 15 is 0 Å². The molecule has 0 aromatic rings. The van der Waals surface area contributed by atoms with Crippen molar-refractivity contribution >= 4 is 0 Å². The van der Waals surface area contributed by atoms with Gasteiger partial charge in [-0.15, -0.1) is 0 Å². The van der Waals surface area contributed by atoms with Gasteiger partial charge in [0.05, 0.1) is 11.7 Å². The zero-order valence-corrected chi connectivity index (χ0v) is 5.75. The number of aliphatic hydroxyl groups is 3. The van der Waals surface area contributed by atoms with Crippen molar-refractivity contribution in [3.63, 3.8) is 0 Å². The normalized spacial score (nSPS) is 50.1. The van der Waals surface area contributed by atoms with Crippen molar-refractivity contribution in [2.24, 2.45) is 0 Å². The van der Waals surface area contributed by atoms with E-state index < -0.39 is 17.3 Å². The van der Waals surface area contributed by atoms with Crippen LogP contribution in [0.4, 0.5) is 0 Å². The molecule has 0 radical (unpaired) electrons. The molecule has 0 saturated heterocycles. The molecule has 2 fully saturated rings. The Morgan fingerprint density at radius 2 is 1.70 bits per heavy atom. The first-order chi connectivity index (χ1) is 4.58. The molecule has 2 atom stereocenters. The Morgan fingerprint density at radius 3 is 1.80 bits per heavy atom. The minimum atomic E-state index is -1.16. The molecular formula is C7H12O3. The summed E-state index contributed by atoms with van der Waals surface area (Å²) in [5.74, 6) is 0. The highest BCUT2D eigenvalue weighted by Crippen LogP contribution is 2.53. The highest BCUT2D eigenvalue weighted by molar-refractivity contribution is 5.17. The molecule has 3 nitrogen and oxygen atoms in total. The Balaban J connectivity index is 2.15. The molecule has 0 aromatic heterocycles. The minimum absolute atomic E-state index is 0.546. The van der Waals surface area contributed by atoms with Crippen LogP contribution in [0.1, 0.15) is 25.7 Å². The van der Waals surface area contributed by atoms with Crippen LogP contribution in [0, 0.1) is 0 Å². The van der Waals surface area contributed by atoms with Crippen molar-refractivity contribution < 1.29 is 15.3 Å². The molecule has 0 amide bonds. The van der Waals surface area contributed by atoms with E-state index in [1.54, 1.807) is 0 Å². The fraction of sp³-hybridized carbons (Fsp3) is 1.00.